The number of amides is 1. The van der Waals surface area contributed by atoms with Crippen LogP contribution >= 0.6 is 0 Å². The zero-order chi connectivity index (χ0) is 18.7. The number of furan rings is 1. The lowest BCUT2D eigenvalue weighted by molar-refractivity contribution is -0.129. The van der Waals surface area contributed by atoms with E-state index >= 15 is 0 Å². The van der Waals surface area contributed by atoms with Gasteiger partial charge in [0.05, 0.1) is 11.8 Å². The Morgan fingerprint density at radius 1 is 1.19 bits per heavy atom. The number of carbonyl (C=O) groups excluding carboxylic acids is 2. The zero-order valence-electron chi connectivity index (χ0n) is 15.0. The van der Waals surface area contributed by atoms with Gasteiger partial charge in [-0.05, 0) is 30.0 Å². The molecule has 2 aromatic rings. The van der Waals surface area contributed by atoms with E-state index in [2.05, 4.69) is 0 Å². The maximum atomic E-state index is 12.7. The Balaban J connectivity index is 1.89. The molecule has 0 radical (unpaired) electrons. The van der Waals surface area contributed by atoms with Crippen LogP contribution in [0.5, 0.6) is 0 Å². The molecule has 0 saturated heterocycles. The highest BCUT2D eigenvalue weighted by Crippen LogP contribution is 2.38. The highest BCUT2D eigenvalue weighted by atomic mass is 16.3. The lowest BCUT2D eigenvalue weighted by Gasteiger charge is -2.25. The number of rotatable bonds is 7. The number of Topliss-reactive ketones (excluding diaryl/α,β-unsaturated/α-hetero) is 1. The minimum Gasteiger partial charge on any atom is -0.503 e. The van der Waals surface area contributed by atoms with E-state index in [4.69, 9.17) is 4.42 Å². The van der Waals surface area contributed by atoms with E-state index in [-0.39, 0.29) is 23.7 Å². The van der Waals surface area contributed by atoms with Crippen LogP contribution in [-0.4, -0.2) is 28.2 Å². The summed E-state index contributed by atoms with van der Waals surface area (Å²) in [6.07, 6.45) is 2.41. The molecular weight excluding hydrogens is 330 g/mol. The van der Waals surface area contributed by atoms with Gasteiger partial charge in [0.2, 0.25) is 0 Å². The first-order chi connectivity index (χ1) is 12.5. The summed E-state index contributed by atoms with van der Waals surface area (Å²) in [5, 5.41) is 10.4. The summed E-state index contributed by atoms with van der Waals surface area (Å²) in [6, 6.07) is 12.6. The maximum Gasteiger partial charge on any atom is 0.290 e. The molecule has 0 aliphatic carbocycles. The van der Waals surface area contributed by atoms with Crippen molar-refractivity contribution >= 4 is 11.7 Å². The minimum atomic E-state index is -0.674. The molecule has 5 nitrogen and oxygen atoms in total. The van der Waals surface area contributed by atoms with Crippen molar-refractivity contribution in [2.24, 2.45) is 5.92 Å². The van der Waals surface area contributed by atoms with Gasteiger partial charge in [-0.25, -0.2) is 0 Å². The summed E-state index contributed by atoms with van der Waals surface area (Å²) in [4.78, 5) is 26.9. The molecule has 136 valence electrons. The molecule has 5 heteroatoms. The van der Waals surface area contributed by atoms with Crippen LogP contribution in [0.1, 0.15) is 37.6 Å². The summed E-state index contributed by atoms with van der Waals surface area (Å²) in [5.74, 6) is -0.565. The molecule has 0 bridgehead atoms. The molecule has 0 fully saturated rings. The van der Waals surface area contributed by atoms with Gasteiger partial charge in [-0.3, -0.25) is 9.59 Å². The molecule has 1 aromatic carbocycles. The molecule has 2 heterocycles. The van der Waals surface area contributed by atoms with Crippen molar-refractivity contribution in [3.05, 3.63) is 71.4 Å². The van der Waals surface area contributed by atoms with Gasteiger partial charge in [-0.1, -0.05) is 44.2 Å². The summed E-state index contributed by atoms with van der Waals surface area (Å²) in [5.41, 5.74) is 1.23. The Hall–Kier alpha value is -2.82. The van der Waals surface area contributed by atoms with Gasteiger partial charge < -0.3 is 14.4 Å². The van der Waals surface area contributed by atoms with E-state index in [1.807, 2.05) is 44.2 Å². The number of aliphatic hydroxyl groups is 1. The lowest BCUT2D eigenvalue weighted by Crippen LogP contribution is -2.33. The van der Waals surface area contributed by atoms with Gasteiger partial charge in [0, 0.05) is 13.0 Å². The predicted molar refractivity (Wildman–Crippen MR) is 97.4 cm³/mol. The summed E-state index contributed by atoms with van der Waals surface area (Å²) in [6.45, 7) is 4.25. The Morgan fingerprint density at radius 3 is 2.54 bits per heavy atom. The van der Waals surface area contributed by atoms with Crippen LogP contribution in [0.15, 0.2) is 64.5 Å². The van der Waals surface area contributed by atoms with Crippen molar-refractivity contribution in [1.82, 2.24) is 4.90 Å². The Kier molecular flexibility index (Phi) is 5.26. The molecule has 1 unspecified atom stereocenters. The Bertz CT molecular complexity index is 806. The van der Waals surface area contributed by atoms with Gasteiger partial charge in [-0.2, -0.15) is 0 Å². The van der Waals surface area contributed by atoms with Crippen LogP contribution in [0.4, 0.5) is 0 Å². The molecule has 1 aliphatic heterocycles. The monoisotopic (exact) mass is 353 g/mol. The second-order valence-electron chi connectivity index (χ2n) is 6.94. The summed E-state index contributed by atoms with van der Waals surface area (Å²) < 4.78 is 5.49. The number of benzene rings is 1. The van der Waals surface area contributed by atoms with Gasteiger partial charge >= 0.3 is 0 Å². The number of ketones is 1. The average molecular weight is 353 g/mol. The molecule has 1 aromatic heterocycles. The number of hydrogen-bond donors (Lipinski definition) is 1. The van der Waals surface area contributed by atoms with Crippen LogP contribution < -0.4 is 0 Å². The van der Waals surface area contributed by atoms with E-state index in [1.165, 1.54) is 11.2 Å². The van der Waals surface area contributed by atoms with Crippen molar-refractivity contribution in [3.8, 4) is 0 Å². The number of carbonyl (C=O) groups is 2. The first-order valence-corrected chi connectivity index (χ1v) is 8.83. The van der Waals surface area contributed by atoms with Gasteiger partial charge in [0.25, 0.3) is 5.91 Å². The summed E-state index contributed by atoms with van der Waals surface area (Å²) >= 11 is 0. The van der Waals surface area contributed by atoms with Crippen LogP contribution in [-0.2, 0) is 16.0 Å². The quantitative estimate of drug-likeness (QED) is 0.821. The third-order valence-corrected chi connectivity index (χ3v) is 4.49. The van der Waals surface area contributed by atoms with Crippen LogP contribution in [0.2, 0.25) is 0 Å². The van der Waals surface area contributed by atoms with Crippen LogP contribution in [0.25, 0.3) is 0 Å². The van der Waals surface area contributed by atoms with E-state index in [0.29, 0.717) is 18.7 Å². The topological polar surface area (TPSA) is 70.8 Å². The van der Waals surface area contributed by atoms with Crippen molar-refractivity contribution in [2.45, 2.75) is 32.7 Å². The average Bonchev–Trinajstić information content (AvgIpc) is 3.21. The standard InChI is InChI=1S/C21H23NO4/c1-14(2)13-16(23)18-19(17-9-6-12-26-17)22(21(25)20(18)24)11-10-15-7-4-3-5-8-15/h3-9,12,14,19,24H,10-11,13H2,1-2H3. The predicted octanol–water partition coefficient (Wildman–Crippen LogP) is 3.83. The Labute approximate surface area is 152 Å². The second kappa shape index (κ2) is 7.60. The first kappa shape index (κ1) is 18.0. The Morgan fingerprint density at radius 2 is 1.92 bits per heavy atom. The van der Waals surface area contributed by atoms with Crippen molar-refractivity contribution < 1.29 is 19.1 Å². The number of hydrogen-bond acceptors (Lipinski definition) is 4. The third kappa shape index (κ3) is 3.57. The molecule has 3 rings (SSSR count). The second-order valence-corrected chi connectivity index (χ2v) is 6.94. The van der Waals surface area contributed by atoms with Crippen LogP contribution in [0.3, 0.4) is 0 Å². The molecular formula is C21H23NO4. The summed E-state index contributed by atoms with van der Waals surface area (Å²) in [7, 11) is 0. The smallest absolute Gasteiger partial charge is 0.290 e. The highest BCUT2D eigenvalue weighted by Gasteiger charge is 2.44. The zero-order valence-corrected chi connectivity index (χ0v) is 15.0. The van der Waals surface area contributed by atoms with Crippen molar-refractivity contribution in [2.75, 3.05) is 6.54 Å². The highest BCUT2D eigenvalue weighted by molar-refractivity contribution is 6.08. The number of aliphatic hydroxyl groups excluding tert-OH is 1. The fraction of sp³-hybridized carbons (Fsp3) is 0.333. The third-order valence-electron chi connectivity index (χ3n) is 4.49. The normalized spacial score (nSPS) is 17.4. The number of nitrogens with zero attached hydrogens (tertiary/aromatic N) is 1. The molecule has 1 amide bonds. The van der Waals surface area contributed by atoms with E-state index < -0.39 is 17.7 Å². The lowest BCUT2D eigenvalue weighted by atomic mass is 9.95. The molecule has 1 atom stereocenters. The minimum absolute atomic E-state index is 0.133. The van der Waals surface area contributed by atoms with E-state index in [0.717, 1.165) is 5.56 Å². The van der Waals surface area contributed by atoms with Gasteiger partial charge in [0.15, 0.2) is 11.5 Å². The van der Waals surface area contributed by atoms with Gasteiger partial charge in [0.1, 0.15) is 11.8 Å². The fourth-order valence-corrected chi connectivity index (χ4v) is 3.29. The first-order valence-electron chi connectivity index (χ1n) is 8.83. The van der Waals surface area contributed by atoms with Crippen LogP contribution in [0, 0.1) is 5.92 Å². The molecule has 26 heavy (non-hydrogen) atoms. The largest absolute Gasteiger partial charge is 0.503 e. The van der Waals surface area contributed by atoms with Crippen molar-refractivity contribution in [3.63, 3.8) is 0 Å². The maximum absolute atomic E-state index is 12.7. The molecule has 1 aliphatic rings. The molecule has 1 N–H and O–H groups in total. The van der Waals surface area contributed by atoms with Gasteiger partial charge in [-0.15, -0.1) is 0 Å². The fourth-order valence-electron chi connectivity index (χ4n) is 3.29. The van der Waals surface area contributed by atoms with E-state index in [1.54, 1.807) is 12.1 Å². The SMILES string of the molecule is CC(C)CC(=O)C1=C(O)C(=O)N(CCc2ccccc2)C1c1ccco1. The van der Waals surface area contributed by atoms with E-state index in [9.17, 15) is 14.7 Å². The molecule has 0 spiro atoms. The molecule has 0 saturated carbocycles. The van der Waals surface area contributed by atoms with Crippen molar-refractivity contribution in [1.29, 1.82) is 0 Å².